The van der Waals surface area contributed by atoms with Gasteiger partial charge in [0, 0.05) is 19.6 Å². The number of nitrogens with one attached hydrogen (secondary N) is 1. The Balaban J connectivity index is 0.00000192. The molecule has 0 aromatic heterocycles. The molecule has 0 spiro atoms. The molecule has 0 radical (unpaired) electrons. The van der Waals surface area contributed by atoms with Crippen molar-refractivity contribution in [1.82, 2.24) is 10.2 Å². The Bertz CT molecular complexity index is 491. The zero-order valence-electron chi connectivity index (χ0n) is 13.7. The number of hydrogen-bond donors (Lipinski definition) is 1. The first kappa shape index (κ1) is 18.2. The molecule has 0 aliphatic carbocycles. The van der Waals surface area contributed by atoms with Crippen molar-refractivity contribution >= 4 is 18.3 Å². The highest BCUT2D eigenvalue weighted by Gasteiger charge is 2.34. The minimum atomic E-state index is -0.153. The number of carbonyl (C=O) groups is 1. The summed E-state index contributed by atoms with van der Waals surface area (Å²) >= 11 is 0. The Kier molecular flexibility index (Phi) is 6.88. The summed E-state index contributed by atoms with van der Waals surface area (Å²) in [6, 6.07) is 10.6. The van der Waals surface area contributed by atoms with Crippen molar-refractivity contribution < 1.29 is 9.53 Å². The highest BCUT2D eigenvalue weighted by molar-refractivity contribution is 5.85. The van der Waals surface area contributed by atoms with Crippen molar-refractivity contribution in [3.63, 3.8) is 0 Å². The summed E-state index contributed by atoms with van der Waals surface area (Å²) in [7, 11) is 0. The van der Waals surface area contributed by atoms with Crippen LogP contribution in [0, 0.1) is 5.92 Å². The van der Waals surface area contributed by atoms with Gasteiger partial charge in [0.25, 0.3) is 0 Å². The summed E-state index contributed by atoms with van der Waals surface area (Å²) in [4.78, 5) is 14.7. The van der Waals surface area contributed by atoms with Crippen LogP contribution >= 0.6 is 12.4 Å². The molecule has 1 N–H and O–H groups in total. The Hall–Kier alpha value is -1.10. The highest BCUT2D eigenvalue weighted by Crippen LogP contribution is 2.35. The minimum absolute atomic E-state index is 0. The van der Waals surface area contributed by atoms with Crippen molar-refractivity contribution in [2.45, 2.75) is 31.7 Å². The number of halogens is 1. The van der Waals surface area contributed by atoms with Gasteiger partial charge in [-0.2, -0.15) is 0 Å². The van der Waals surface area contributed by atoms with Gasteiger partial charge < -0.3 is 15.0 Å². The lowest BCUT2D eigenvalue weighted by molar-refractivity contribution is -0.138. The van der Waals surface area contributed by atoms with Gasteiger partial charge in [0.15, 0.2) is 0 Å². The summed E-state index contributed by atoms with van der Waals surface area (Å²) in [6.07, 6.45) is 2.17. The second kappa shape index (κ2) is 8.67. The van der Waals surface area contributed by atoms with Crippen LogP contribution in [-0.4, -0.2) is 49.7 Å². The van der Waals surface area contributed by atoms with Crippen LogP contribution in [-0.2, 0) is 9.53 Å². The first-order valence-corrected chi connectivity index (χ1v) is 8.44. The third kappa shape index (κ3) is 4.25. The molecule has 128 valence electrons. The maximum atomic E-state index is 12.6. The Morgan fingerprint density at radius 1 is 1.35 bits per heavy atom. The van der Waals surface area contributed by atoms with E-state index in [2.05, 4.69) is 42.6 Å². The predicted molar refractivity (Wildman–Crippen MR) is 94.0 cm³/mol. The van der Waals surface area contributed by atoms with Crippen LogP contribution in [0.4, 0.5) is 0 Å². The van der Waals surface area contributed by atoms with E-state index in [9.17, 15) is 4.79 Å². The SMILES string of the molecule is CCC1CN(C(=O)C2COCCN2)CCC1c1ccccc1.Cl. The molecule has 1 aromatic carbocycles. The highest BCUT2D eigenvalue weighted by atomic mass is 35.5. The van der Waals surface area contributed by atoms with Gasteiger partial charge in [0.2, 0.25) is 5.91 Å². The van der Waals surface area contributed by atoms with E-state index < -0.39 is 0 Å². The van der Waals surface area contributed by atoms with Crippen LogP contribution in [0.2, 0.25) is 0 Å². The fraction of sp³-hybridized carbons (Fsp3) is 0.611. The van der Waals surface area contributed by atoms with Crippen LogP contribution < -0.4 is 5.32 Å². The smallest absolute Gasteiger partial charge is 0.242 e. The van der Waals surface area contributed by atoms with Crippen molar-refractivity contribution in [3.8, 4) is 0 Å². The first-order valence-electron chi connectivity index (χ1n) is 8.44. The number of morpholine rings is 1. The van der Waals surface area contributed by atoms with E-state index in [0.29, 0.717) is 25.0 Å². The topological polar surface area (TPSA) is 41.6 Å². The van der Waals surface area contributed by atoms with E-state index in [0.717, 1.165) is 32.5 Å². The van der Waals surface area contributed by atoms with Crippen LogP contribution in [0.1, 0.15) is 31.2 Å². The van der Waals surface area contributed by atoms with Crippen LogP contribution in [0.5, 0.6) is 0 Å². The molecule has 5 heteroatoms. The summed E-state index contributed by atoms with van der Waals surface area (Å²) in [5.74, 6) is 1.33. The largest absolute Gasteiger partial charge is 0.378 e. The van der Waals surface area contributed by atoms with Crippen LogP contribution in [0.25, 0.3) is 0 Å². The van der Waals surface area contributed by atoms with E-state index in [1.807, 2.05) is 4.90 Å². The molecular weight excluding hydrogens is 312 g/mol. The van der Waals surface area contributed by atoms with E-state index in [1.165, 1.54) is 5.56 Å². The lowest BCUT2D eigenvalue weighted by Crippen LogP contribution is -2.55. The number of piperidine rings is 1. The number of amides is 1. The summed E-state index contributed by atoms with van der Waals surface area (Å²) < 4.78 is 5.43. The zero-order valence-corrected chi connectivity index (χ0v) is 14.6. The van der Waals surface area contributed by atoms with Gasteiger partial charge in [-0.25, -0.2) is 0 Å². The molecule has 1 aromatic rings. The number of rotatable bonds is 3. The van der Waals surface area contributed by atoms with Gasteiger partial charge in [-0.1, -0.05) is 43.7 Å². The van der Waals surface area contributed by atoms with Crippen molar-refractivity contribution in [2.75, 3.05) is 32.8 Å². The molecule has 2 aliphatic rings. The number of ether oxygens (including phenoxy) is 1. The molecule has 1 amide bonds. The standard InChI is InChI=1S/C18H26N2O2.ClH/c1-2-14-12-20(18(21)17-13-22-11-9-19-17)10-8-16(14)15-6-4-3-5-7-15;/h3-7,14,16-17,19H,2,8-13H2,1H3;1H. The Labute approximate surface area is 145 Å². The minimum Gasteiger partial charge on any atom is -0.378 e. The number of carbonyl (C=O) groups excluding carboxylic acids is 1. The molecule has 2 fully saturated rings. The molecule has 3 unspecified atom stereocenters. The number of hydrogen-bond acceptors (Lipinski definition) is 3. The molecule has 2 saturated heterocycles. The zero-order chi connectivity index (χ0) is 15.4. The van der Waals surface area contributed by atoms with Gasteiger partial charge in [0.05, 0.1) is 13.2 Å². The van der Waals surface area contributed by atoms with Crippen molar-refractivity contribution in [2.24, 2.45) is 5.92 Å². The molecular formula is C18H27ClN2O2. The summed E-state index contributed by atoms with van der Waals surface area (Å²) in [6.45, 7) is 5.94. The van der Waals surface area contributed by atoms with Gasteiger partial charge in [-0.05, 0) is 23.8 Å². The second-order valence-corrected chi connectivity index (χ2v) is 6.34. The molecule has 3 rings (SSSR count). The molecule has 2 heterocycles. The van der Waals surface area contributed by atoms with E-state index in [1.54, 1.807) is 0 Å². The third-order valence-electron chi connectivity index (χ3n) is 5.02. The Morgan fingerprint density at radius 3 is 2.78 bits per heavy atom. The quantitative estimate of drug-likeness (QED) is 0.920. The molecule has 0 saturated carbocycles. The summed E-state index contributed by atoms with van der Waals surface area (Å²) in [5, 5.41) is 3.28. The van der Waals surface area contributed by atoms with Crippen molar-refractivity contribution in [1.29, 1.82) is 0 Å². The van der Waals surface area contributed by atoms with Gasteiger partial charge >= 0.3 is 0 Å². The van der Waals surface area contributed by atoms with E-state index in [-0.39, 0.29) is 24.4 Å². The summed E-state index contributed by atoms with van der Waals surface area (Å²) in [5.41, 5.74) is 1.42. The van der Waals surface area contributed by atoms with E-state index >= 15 is 0 Å². The third-order valence-corrected chi connectivity index (χ3v) is 5.02. The number of likely N-dealkylation sites (tertiary alicyclic amines) is 1. The molecule has 2 aliphatic heterocycles. The lowest BCUT2D eigenvalue weighted by atomic mass is 9.79. The number of benzene rings is 1. The maximum Gasteiger partial charge on any atom is 0.242 e. The Morgan fingerprint density at radius 2 is 2.13 bits per heavy atom. The maximum absolute atomic E-state index is 12.6. The first-order chi connectivity index (χ1) is 10.8. The number of nitrogens with zero attached hydrogens (tertiary/aromatic N) is 1. The molecule has 23 heavy (non-hydrogen) atoms. The second-order valence-electron chi connectivity index (χ2n) is 6.34. The average molecular weight is 339 g/mol. The lowest BCUT2D eigenvalue weighted by Gasteiger charge is -2.40. The average Bonchev–Trinajstić information content (AvgIpc) is 2.62. The van der Waals surface area contributed by atoms with Crippen LogP contribution in [0.3, 0.4) is 0 Å². The predicted octanol–water partition coefficient (Wildman–Crippen LogP) is 2.44. The fourth-order valence-electron chi connectivity index (χ4n) is 3.73. The van der Waals surface area contributed by atoms with Gasteiger partial charge in [-0.3, -0.25) is 4.79 Å². The van der Waals surface area contributed by atoms with Crippen LogP contribution in [0.15, 0.2) is 30.3 Å². The fourth-order valence-corrected chi connectivity index (χ4v) is 3.73. The van der Waals surface area contributed by atoms with Gasteiger partial charge in [-0.15, -0.1) is 12.4 Å². The molecule has 0 bridgehead atoms. The van der Waals surface area contributed by atoms with Crippen molar-refractivity contribution in [3.05, 3.63) is 35.9 Å². The molecule has 3 atom stereocenters. The normalized spacial score (nSPS) is 28.0. The monoisotopic (exact) mass is 338 g/mol. The molecule has 4 nitrogen and oxygen atoms in total. The van der Waals surface area contributed by atoms with E-state index in [4.69, 9.17) is 4.74 Å². The van der Waals surface area contributed by atoms with Gasteiger partial charge in [0.1, 0.15) is 6.04 Å².